The predicted molar refractivity (Wildman–Crippen MR) is 118 cm³/mol. The van der Waals surface area contributed by atoms with Crippen LogP contribution in [0.2, 0.25) is 0 Å². The van der Waals surface area contributed by atoms with Crippen molar-refractivity contribution in [3.63, 3.8) is 0 Å². The molecule has 32 heavy (non-hydrogen) atoms. The molecule has 0 aliphatic heterocycles. The summed E-state index contributed by atoms with van der Waals surface area (Å²) in [5.74, 6) is -0.0757. The van der Waals surface area contributed by atoms with Gasteiger partial charge in [0.05, 0.1) is 11.8 Å². The molecule has 3 aromatic rings. The lowest BCUT2D eigenvalue weighted by atomic mass is 9.91. The maximum Gasteiger partial charge on any atom is 0.411 e. The Morgan fingerprint density at radius 1 is 1.16 bits per heavy atom. The number of aromatic nitrogens is 3. The van der Waals surface area contributed by atoms with Gasteiger partial charge in [0.2, 0.25) is 0 Å². The number of aliphatic carboxylic acids is 1. The van der Waals surface area contributed by atoms with E-state index in [1.807, 2.05) is 18.2 Å². The second-order valence-electron chi connectivity index (χ2n) is 7.75. The first-order valence-electron chi connectivity index (χ1n) is 9.75. The fraction of sp³-hybridized carbons (Fsp3) is 0.273. The lowest BCUT2D eigenvalue weighted by Gasteiger charge is -2.16. The summed E-state index contributed by atoms with van der Waals surface area (Å²) < 4.78 is 14.8. The molecule has 5 N–H and O–H groups in total. The Morgan fingerprint density at radius 2 is 1.75 bits per heavy atom. The van der Waals surface area contributed by atoms with E-state index in [1.165, 1.54) is 0 Å². The number of carbonyl (C=O) groups is 2. The summed E-state index contributed by atoms with van der Waals surface area (Å²) in [5, 5.41) is 17.5. The van der Waals surface area contributed by atoms with Gasteiger partial charge in [-0.3, -0.25) is 9.71 Å². The maximum absolute atomic E-state index is 13.2. The van der Waals surface area contributed by atoms with Crippen molar-refractivity contribution in [2.75, 3.05) is 23.0 Å². The molecule has 0 bridgehead atoms. The SMILES string of the molecule is CC(=O)[O-].C[n+]1[nH]c(C(C)(C)CF)cc1NC(=O)Nc1ccc(-c2ccc(N)nc2)cc1. The van der Waals surface area contributed by atoms with E-state index in [2.05, 4.69) is 20.7 Å². The maximum atomic E-state index is 13.2. The molecule has 0 spiro atoms. The first-order chi connectivity index (χ1) is 15.0. The van der Waals surface area contributed by atoms with E-state index >= 15 is 0 Å². The van der Waals surface area contributed by atoms with E-state index in [-0.39, 0.29) is 6.03 Å². The highest BCUT2D eigenvalue weighted by atomic mass is 19.1. The van der Waals surface area contributed by atoms with Crippen LogP contribution in [0.5, 0.6) is 0 Å². The number of aromatic amines is 1. The third-order valence-corrected chi connectivity index (χ3v) is 4.50. The van der Waals surface area contributed by atoms with Gasteiger partial charge < -0.3 is 15.6 Å². The van der Waals surface area contributed by atoms with Crippen LogP contribution in [0.1, 0.15) is 26.5 Å². The van der Waals surface area contributed by atoms with Crippen LogP contribution in [0.25, 0.3) is 11.1 Å². The molecule has 10 heteroatoms. The van der Waals surface area contributed by atoms with Crippen molar-refractivity contribution in [1.29, 1.82) is 0 Å². The molecule has 2 amide bonds. The summed E-state index contributed by atoms with van der Waals surface area (Å²) in [6.07, 6.45) is 1.70. The molecule has 0 atom stereocenters. The molecule has 9 nitrogen and oxygen atoms in total. The number of hydrogen-bond acceptors (Lipinski definition) is 5. The van der Waals surface area contributed by atoms with Gasteiger partial charge in [-0.05, 0) is 36.8 Å². The number of alkyl halides is 1. The number of carbonyl (C=O) groups excluding carboxylic acids is 2. The highest BCUT2D eigenvalue weighted by molar-refractivity contribution is 5.98. The Kier molecular flexibility index (Phi) is 7.89. The number of rotatable bonds is 5. The molecule has 170 valence electrons. The topological polar surface area (TPSA) is 140 Å². The molecule has 3 rings (SSSR count). The van der Waals surface area contributed by atoms with Crippen molar-refractivity contribution in [2.45, 2.75) is 26.2 Å². The van der Waals surface area contributed by atoms with Crippen LogP contribution in [0.15, 0.2) is 48.7 Å². The van der Waals surface area contributed by atoms with Gasteiger partial charge >= 0.3 is 11.8 Å². The largest absolute Gasteiger partial charge is 0.550 e. The number of amides is 2. The van der Waals surface area contributed by atoms with Crippen LogP contribution in [0.4, 0.5) is 26.5 Å². The molecule has 0 saturated carbocycles. The van der Waals surface area contributed by atoms with E-state index in [9.17, 15) is 9.18 Å². The first-order valence-corrected chi connectivity index (χ1v) is 9.75. The van der Waals surface area contributed by atoms with Crippen molar-refractivity contribution in [2.24, 2.45) is 7.05 Å². The number of nitrogens with two attached hydrogens (primary N) is 1. The smallest absolute Gasteiger partial charge is 0.411 e. The average Bonchev–Trinajstić information content (AvgIpc) is 3.10. The van der Waals surface area contributed by atoms with Gasteiger partial charge in [-0.25, -0.2) is 14.9 Å². The number of nitrogens with zero attached hydrogens (tertiary/aromatic N) is 2. The van der Waals surface area contributed by atoms with E-state index < -0.39 is 18.1 Å². The Balaban J connectivity index is 0.000000837. The van der Waals surface area contributed by atoms with Crippen molar-refractivity contribution in [1.82, 2.24) is 10.1 Å². The van der Waals surface area contributed by atoms with E-state index in [4.69, 9.17) is 15.6 Å². The molecule has 0 unspecified atom stereocenters. The monoisotopic (exact) mass is 442 g/mol. The molecule has 0 aliphatic rings. The summed E-state index contributed by atoms with van der Waals surface area (Å²) in [4.78, 5) is 25.3. The first kappa shape index (κ1) is 24.3. The number of H-pyrrole nitrogens is 1. The van der Waals surface area contributed by atoms with Crippen molar-refractivity contribution >= 4 is 29.3 Å². The molecule has 0 radical (unpaired) electrons. The van der Waals surface area contributed by atoms with E-state index in [1.54, 1.807) is 56.0 Å². The number of carboxylic acid groups (broad SMARTS) is 1. The van der Waals surface area contributed by atoms with Gasteiger partial charge in [-0.2, -0.15) is 10.00 Å². The normalized spacial score (nSPS) is 10.7. The molecular formula is C22H27FN6O3. The summed E-state index contributed by atoms with van der Waals surface area (Å²) in [7, 11) is 1.75. The zero-order valence-electron chi connectivity index (χ0n) is 18.4. The van der Waals surface area contributed by atoms with Crippen molar-refractivity contribution in [3.05, 3.63) is 54.4 Å². The third-order valence-electron chi connectivity index (χ3n) is 4.50. The second kappa shape index (κ2) is 10.4. The summed E-state index contributed by atoms with van der Waals surface area (Å²) in [6.45, 7) is 4.05. The quantitative estimate of drug-likeness (QED) is 0.448. The molecule has 1 aromatic carbocycles. The number of halogens is 1. The van der Waals surface area contributed by atoms with Gasteiger partial charge in [0, 0.05) is 28.8 Å². The van der Waals surface area contributed by atoms with Gasteiger partial charge in [0.15, 0.2) is 0 Å². The van der Waals surface area contributed by atoms with Crippen LogP contribution in [-0.4, -0.2) is 28.8 Å². The van der Waals surface area contributed by atoms with Gasteiger partial charge in [0.25, 0.3) is 0 Å². The number of nitrogens with one attached hydrogen (secondary N) is 3. The minimum Gasteiger partial charge on any atom is -0.550 e. The number of pyridine rings is 1. The highest BCUT2D eigenvalue weighted by Gasteiger charge is 2.27. The zero-order chi connectivity index (χ0) is 23.9. The van der Waals surface area contributed by atoms with Crippen molar-refractivity contribution < 1.29 is 23.8 Å². The number of hydrogen-bond donors (Lipinski definition) is 4. The van der Waals surface area contributed by atoms with Crippen molar-refractivity contribution in [3.8, 4) is 11.1 Å². The molecule has 2 aromatic heterocycles. The van der Waals surface area contributed by atoms with Gasteiger partial charge in [-0.15, -0.1) is 0 Å². The number of carboxylic acids is 1. The number of aryl methyl sites for hydroxylation is 1. The summed E-state index contributed by atoms with van der Waals surface area (Å²) in [5.41, 5.74) is 8.20. The zero-order valence-corrected chi connectivity index (χ0v) is 18.4. The molecule has 2 heterocycles. The fourth-order valence-electron chi connectivity index (χ4n) is 2.65. The number of anilines is 3. The Bertz CT molecular complexity index is 1060. The molecule has 0 saturated heterocycles. The Labute approximate surface area is 185 Å². The second-order valence-corrected chi connectivity index (χ2v) is 7.75. The van der Waals surface area contributed by atoms with E-state index in [0.29, 0.717) is 23.0 Å². The number of urea groups is 1. The molecular weight excluding hydrogens is 415 g/mol. The standard InChI is InChI=1S/C20H23FN6O.C2H4O2/c1-20(2,12-21)16-10-18(27(3)26-16)25-19(28)24-15-7-4-13(5-8-15)14-6-9-17(22)23-11-14;1-2(3)4/h4-11H,12H2,1-3H3,(H4,22,23,24,25,26,28);1H3,(H,3,4). The third kappa shape index (κ3) is 6.79. The predicted octanol–water partition coefficient (Wildman–Crippen LogP) is 2.13. The summed E-state index contributed by atoms with van der Waals surface area (Å²) in [6, 6.07) is 12.4. The Morgan fingerprint density at radius 3 is 2.28 bits per heavy atom. The van der Waals surface area contributed by atoms with Crippen LogP contribution in [0.3, 0.4) is 0 Å². The number of benzene rings is 1. The van der Waals surface area contributed by atoms with E-state index in [0.717, 1.165) is 18.1 Å². The van der Waals surface area contributed by atoms with Crippen LogP contribution in [-0.2, 0) is 17.3 Å². The van der Waals surface area contributed by atoms with Gasteiger partial charge in [0.1, 0.15) is 19.5 Å². The fourth-order valence-corrected chi connectivity index (χ4v) is 2.65. The van der Waals surface area contributed by atoms with Crippen LogP contribution in [0, 0.1) is 0 Å². The average molecular weight is 442 g/mol. The number of nitrogen functional groups attached to an aromatic ring is 1. The minimum atomic E-state index is -1.08. The lowest BCUT2D eigenvalue weighted by molar-refractivity contribution is -0.713. The Hall–Kier alpha value is -3.95. The van der Waals surface area contributed by atoms with Gasteiger partial charge in [-0.1, -0.05) is 26.0 Å². The highest BCUT2D eigenvalue weighted by Crippen LogP contribution is 2.23. The molecule has 0 fully saturated rings. The summed E-state index contributed by atoms with van der Waals surface area (Å²) >= 11 is 0. The molecule has 0 aliphatic carbocycles. The van der Waals surface area contributed by atoms with Crippen LogP contribution >= 0.6 is 0 Å². The van der Waals surface area contributed by atoms with Crippen LogP contribution < -0.4 is 26.2 Å². The minimum absolute atomic E-state index is 0.388. The lowest BCUT2D eigenvalue weighted by Crippen LogP contribution is -2.36.